The van der Waals surface area contributed by atoms with E-state index in [1.54, 1.807) is 17.5 Å². The summed E-state index contributed by atoms with van der Waals surface area (Å²) < 4.78 is 7.89. The van der Waals surface area contributed by atoms with Gasteiger partial charge in [-0.25, -0.2) is 4.68 Å². The van der Waals surface area contributed by atoms with E-state index >= 15 is 0 Å². The SMILES string of the molecule is O=C(Cc1ccccc1)Nn1c(-c2ccc(-c3ccc([N+](=O)[O-])cc3Cl)o2)csc1=S. The summed E-state index contributed by atoms with van der Waals surface area (Å²) in [5.74, 6) is 0.693. The number of nitro benzene ring substituents is 1. The Hall–Kier alpha value is -3.27. The van der Waals surface area contributed by atoms with Crippen LogP contribution in [0.2, 0.25) is 5.02 Å². The molecule has 10 heteroatoms. The summed E-state index contributed by atoms with van der Waals surface area (Å²) in [6.07, 6.45) is 0.208. The number of amides is 1. The first-order chi connectivity index (χ1) is 14.9. The summed E-state index contributed by atoms with van der Waals surface area (Å²) in [6, 6.07) is 17.0. The van der Waals surface area contributed by atoms with Crippen LogP contribution < -0.4 is 5.43 Å². The quantitative estimate of drug-likeness (QED) is 0.209. The lowest BCUT2D eigenvalue weighted by Crippen LogP contribution is -2.24. The molecule has 0 radical (unpaired) electrons. The van der Waals surface area contributed by atoms with Crippen molar-refractivity contribution in [3.8, 4) is 22.8 Å². The van der Waals surface area contributed by atoms with Gasteiger partial charge in [0.15, 0.2) is 9.71 Å². The minimum absolute atomic E-state index is 0.104. The molecule has 0 unspecified atom stereocenters. The molecule has 0 spiro atoms. The fourth-order valence-electron chi connectivity index (χ4n) is 2.97. The Labute approximate surface area is 190 Å². The Kier molecular flexibility index (Phi) is 5.99. The van der Waals surface area contributed by atoms with Crippen LogP contribution in [0, 0.1) is 14.1 Å². The Morgan fingerprint density at radius 2 is 1.90 bits per heavy atom. The number of hydrogen-bond acceptors (Lipinski definition) is 6. The second-order valence-corrected chi connectivity index (χ2v) is 8.42. The van der Waals surface area contributed by atoms with Gasteiger partial charge >= 0.3 is 0 Å². The molecule has 0 fully saturated rings. The van der Waals surface area contributed by atoms with Crippen molar-refractivity contribution in [2.45, 2.75) is 6.42 Å². The van der Waals surface area contributed by atoms with Crippen LogP contribution in [0.3, 0.4) is 0 Å². The maximum Gasteiger partial charge on any atom is 0.270 e. The van der Waals surface area contributed by atoms with E-state index in [1.807, 2.05) is 30.3 Å². The van der Waals surface area contributed by atoms with Crippen LogP contribution in [0.25, 0.3) is 22.8 Å². The van der Waals surface area contributed by atoms with Crippen molar-refractivity contribution in [2.24, 2.45) is 0 Å². The first-order valence-corrected chi connectivity index (χ1v) is 10.7. The van der Waals surface area contributed by atoms with Gasteiger partial charge in [-0.15, -0.1) is 11.3 Å². The molecule has 4 rings (SSSR count). The Morgan fingerprint density at radius 3 is 2.61 bits per heavy atom. The zero-order valence-corrected chi connectivity index (χ0v) is 18.2. The van der Waals surface area contributed by atoms with Gasteiger partial charge in [0.25, 0.3) is 5.69 Å². The van der Waals surface area contributed by atoms with Crippen molar-refractivity contribution in [2.75, 3.05) is 5.43 Å². The van der Waals surface area contributed by atoms with Gasteiger partial charge in [0.1, 0.15) is 11.5 Å². The molecule has 1 N–H and O–H groups in total. The highest BCUT2D eigenvalue weighted by molar-refractivity contribution is 7.73. The highest BCUT2D eigenvalue weighted by Crippen LogP contribution is 2.35. The maximum absolute atomic E-state index is 12.5. The number of benzene rings is 2. The number of nitrogens with one attached hydrogen (secondary N) is 1. The lowest BCUT2D eigenvalue weighted by molar-refractivity contribution is -0.384. The third-order valence-electron chi connectivity index (χ3n) is 4.43. The maximum atomic E-state index is 12.5. The molecular formula is C21H14ClN3O4S2. The number of nitro groups is 1. The lowest BCUT2D eigenvalue weighted by Gasteiger charge is -2.09. The topological polar surface area (TPSA) is 90.3 Å². The largest absolute Gasteiger partial charge is 0.454 e. The van der Waals surface area contributed by atoms with Gasteiger partial charge in [0.2, 0.25) is 5.91 Å². The van der Waals surface area contributed by atoms with Crippen molar-refractivity contribution >= 4 is 46.8 Å². The van der Waals surface area contributed by atoms with Crippen LogP contribution in [0.1, 0.15) is 5.56 Å². The highest BCUT2D eigenvalue weighted by atomic mass is 35.5. The number of aromatic nitrogens is 1. The van der Waals surface area contributed by atoms with E-state index in [0.717, 1.165) is 5.56 Å². The third-order valence-corrected chi connectivity index (χ3v) is 5.94. The fraction of sp³-hybridized carbons (Fsp3) is 0.0476. The van der Waals surface area contributed by atoms with Crippen LogP contribution in [0.5, 0.6) is 0 Å². The highest BCUT2D eigenvalue weighted by Gasteiger charge is 2.17. The van der Waals surface area contributed by atoms with Crippen LogP contribution in [-0.4, -0.2) is 15.5 Å². The van der Waals surface area contributed by atoms with Gasteiger partial charge in [-0.1, -0.05) is 41.9 Å². The minimum atomic E-state index is -0.513. The van der Waals surface area contributed by atoms with Gasteiger partial charge in [0, 0.05) is 23.1 Å². The van der Waals surface area contributed by atoms with Crippen molar-refractivity contribution in [1.29, 1.82) is 0 Å². The number of halogens is 1. The molecule has 0 saturated heterocycles. The molecule has 0 bridgehead atoms. The zero-order chi connectivity index (χ0) is 22.0. The molecule has 31 heavy (non-hydrogen) atoms. The molecule has 2 aromatic heterocycles. The summed E-state index contributed by atoms with van der Waals surface area (Å²) in [4.78, 5) is 22.9. The van der Waals surface area contributed by atoms with E-state index in [9.17, 15) is 14.9 Å². The Bertz CT molecular complexity index is 1330. The van der Waals surface area contributed by atoms with E-state index in [0.29, 0.717) is 26.7 Å². The summed E-state index contributed by atoms with van der Waals surface area (Å²) in [5, 5.41) is 12.9. The van der Waals surface area contributed by atoms with Crippen molar-refractivity contribution in [3.05, 3.63) is 90.7 Å². The summed E-state index contributed by atoms with van der Waals surface area (Å²) in [7, 11) is 0. The van der Waals surface area contributed by atoms with Gasteiger partial charge in [-0.2, -0.15) is 0 Å². The average Bonchev–Trinajstić information content (AvgIpc) is 3.36. The first-order valence-electron chi connectivity index (χ1n) is 9.01. The molecule has 156 valence electrons. The fourth-order valence-corrected chi connectivity index (χ4v) is 4.21. The predicted octanol–water partition coefficient (Wildman–Crippen LogP) is 6.08. The zero-order valence-electron chi connectivity index (χ0n) is 15.8. The minimum Gasteiger partial charge on any atom is -0.454 e. The number of furan rings is 1. The molecule has 0 aliphatic rings. The molecule has 2 heterocycles. The monoisotopic (exact) mass is 471 g/mol. The van der Waals surface area contributed by atoms with Crippen LogP contribution in [0.15, 0.2) is 70.5 Å². The molecule has 0 saturated carbocycles. The van der Waals surface area contributed by atoms with Gasteiger partial charge < -0.3 is 4.42 Å². The first kappa shape index (κ1) is 21.0. The van der Waals surface area contributed by atoms with Crippen molar-refractivity contribution in [1.82, 2.24) is 4.68 Å². The number of thiazole rings is 1. The van der Waals surface area contributed by atoms with E-state index in [4.69, 9.17) is 28.2 Å². The second kappa shape index (κ2) is 8.84. The van der Waals surface area contributed by atoms with Gasteiger partial charge in [-0.3, -0.25) is 20.3 Å². The summed E-state index contributed by atoms with van der Waals surface area (Å²) >= 11 is 12.8. The van der Waals surface area contributed by atoms with E-state index < -0.39 is 4.92 Å². The summed E-state index contributed by atoms with van der Waals surface area (Å²) in [6.45, 7) is 0. The standard InChI is InChI=1S/C21H14ClN3O4S2/c22-16-11-14(25(27)28)6-7-15(16)18-8-9-19(29-18)17-12-31-21(30)24(17)23-20(26)10-13-4-2-1-3-5-13/h1-9,11-12H,10H2,(H,23,26). The smallest absolute Gasteiger partial charge is 0.270 e. The van der Waals surface area contributed by atoms with Gasteiger partial charge in [-0.05, 0) is 36.0 Å². The predicted molar refractivity (Wildman–Crippen MR) is 122 cm³/mol. The Balaban J connectivity index is 1.59. The number of rotatable bonds is 6. The van der Waals surface area contributed by atoms with Crippen molar-refractivity contribution in [3.63, 3.8) is 0 Å². The van der Waals surface area contributed by atoms with E-state index in [2.05, 4.69) is 5.43 Å². The van der Waals surface area contributed by atoms with Crippen LogP contribution in [0.4, 0.5) is 5.69 Å². The molecule has 4 aromatic rings. The van der Waals surface area contributed by atoms with E-state index in [1.165, 1.54) is 34.2 Å². The molecule has 0 atom stereocenters. The van der Waals surface area contributed by atoms with E-state index in [-0.39, 0.29) is 23.0 Å². The van der Waals surface area contributed by atoms with Gasteiger partial charge in [0.05, 0.1) is 16.4 Å². The number of carbonyl (C=O) groups excluding carboxylic acids is 1. The second-order valence-electron chi connectivity index (χ2n) is 6.50. The molecule has 0 aliphatic carbocycles. The molecule has 1 amide bonds. The normalized spacial score (nSPS) is 10.7. The molecule has 2 aromatic carbocycles. The molecular weight excluding hydrogens is 458 g/mol. The van der Waals surface area contributed by atoms with Crippen molar-refractivity contribution < 1.29 is 14.1 Å². The number of nitrogens with zero attached hydrogens (tertiary/aromatic N) is 2. The third kappa shape index (κ3) is 4.58. The molecule has 0 aliphatic heterocycles. The molecule has 7 nitrogen and oxygen atoms in total. The number of non-ortho nitro benzene ring substituents is 1. The van der Waals surface area contributed by atoms with Crippen LogP contribution in [-0.2, 0) is 11.2 Å². The number of carbonyl (C=O) groups is 1. The summed E-state index contributed by atoms with van der Waals surface area (Å²) in [5.41, 5.74) is 4.70. The number of hydrogen-bond donors (Lipinski definition) is 1. The Morgan fingerprint density at radius 1 is 1.16 bits per heavy atom. The lowest BCUT2D eigenvalue weighted by atomic mass is 10.1. The average molecular weight is 472 g/mol. The van der Waals surface area contributed by atoms with Crippen LogP contribution >= 0.6 is 35.2 Å².